The van der Waals surface area contributed by atoms with E-state index in [0.29, 0.717) is 12.2 Å². The summed E-state index contributed by atoms with van der Waals surface area (Å²) in [5.41, 5.74) is 1.10. The Bertz CT molecular complexity index is 345. The molecule has 2 rings (SSSR count). The molecule has 1 aliphatic rings. The highest BCUT2D eigenvalue weighted by molar-refractivity contribution is 5.82. The molecule has 2 heteroatoms. The van der Waals surface area contributed by atoms with Crippen LogP contribution in [0.4, 0.5) is 0 Å². The average Bonchev–Trinajstić information content (AvgIpc) is 2.24. The topological polar surface area (TPSA) is 26.3 Å². The third-order valence-corrected chi connectivity index (χ3v) is 2.96. The lowest BCUT2D eigenvalue weighted by molar-refractivity contribution is -0.143. The van der Waals surface area contributed by atoms with Gasteiger partial charge in [-0.15, -0.1) is 0 Å². The van der Waals surface area contributed by atoms with E-state index in [9.17, 15) is 4.79 Å². The molecule has 80 valence electrons. The summed E-state index contributed by atoms with van der Waals surface area (Å²) in [6, 6.07) is 9.98. The van der Waals surface area contributed by atoms with Crippen LogP contribution in [0.15, 0.2) is 30.3 Å². The van der Waals surface area contributed by atoms with Gasteiger partial charge >= 0.3 is 0 Å². The minimum Gasteiger partial charge on any atom is -0.369 e. The highest BCUT2D eigenvalue weighted by Gasteiger charge is 2.33. The van der Waals surface area contributed by atoms with Crippen LogP contribution in [0.25, 0.3) is 0 Å². The third-order valence-electron chi connectivity index (χ3n) is 2.96. The molecule has 1 aliphatic heterocycles. The van der Waals surface area contributed by atoms with Gasteiger partial charge in [0, 0.05) is 12.3 Å². The van der Waals surface area contributed by atoms with Crippen LogP contribution in [0.1, 0.15) is 31.9 Å². The quantitative estimate of drug-likeness (QED) is 0.703. The van der Waals surface area contributed by atoms with E-state index in [1.165, 1.54) is 0 Å². The SMILES string of the molecule is C[C@H]1CC(=O)[C@H](C)[C@@H](c2ccccc2)O1. The van der Waals surface area contributed by atoms with Crippen molar-refractivity contribution in [3.05, 3.63) is 35.9 Å². The Labute approximate surface area is 90.3 Å². The Morgan fingerprint density at radius 1 is 1.20 bits per heavy atom. The smallest absolute Gasteiger partial charge is 0.141 e. The highest BCUT2D eigenvalue weighted by Crippen LogP contribution is 2.33. The molecule has 0 saturated carbocycles. The molecule has 0 bridgehead atoms. The Morgan fingerprint density at radius 2 is 1.87 bits per heavy atom. The van der Waals surface area contributed by atoms with E-state index in [2.05, 4.69) is 0 Å². The Morgan fingerprint density at radius 3 is 2.53 bits per heavy atom. The molecule has 0 aliphatic carbocycles. The van der Waals surface area contributed by atoms with Gasteiger partial charge in [-0.3, -0.25) is 4.79 Å². The largest absolute Gasteiger partial charge is 0.369 e. The van der Waals surface area contributed by atoms with Crippen LogP contribution in [0.5, 0.6) is 0 Å². The lowest BCUT2D eigenvalue weighted by Gasteiger charge is -2.32. The van der Waals surface area contributed by atoms with E-state index >= 15 is 0 Å². The molecule has 3 atom stereocenters. The van der Waals surface area contributed by atoms with Crippen molar-refractivity contribution in [2.75, 3.05) is 0 Å². The first-order valence-electron chi connectivity index (χ1n) is 5.41. The zero-order chi connectivity index (χ0) is 10.8. The minimum atomic E-state index is -0.0672. The van der Waals surface area contributed by atoms with Crippen molar-refractivity contribution < 1.29 is 9.53 Å². The van der Waals surface area contributed by atoms with Gasteiger partial charge in [0.1, 0.15) is 5.78 Å². The molecule has 1 saturated heterocycles. The number of hydrogen-bond acceptors (Lipinski definition) is 2. The molecule has 1 aromatic carbocycles. The molecule has 0 N–H and O–H groups in total. The van der Waals surface area contributed by atoms with Crippen molar-refractivity contribution in [3.63, 3.8) is 0 Å². The number of ether oxygens (including phenoxy) is 1. The molecular weight excluding hydrogens is 188 g/mol. The number of rotatable bonds is 1. The second-order valence-corrected chi connectivity index (χ2v) is 4.24. The Kier molecular flexibility index (Phi) is 2.87. The van der Waals surface area contributed by atoms with Gasteiger partial charge in [0.15, 0.2) is 0 Å². The number of carbonyl (C=O) groups excluding carboxylic acids is 1. The monoisotopic (exact) mass is 204 g/mol. The van der Waals surface area contributed by atoms with Crippen LogP contribution < -0.4 is 0 Å². The predicted molar refractivity (Wildman–Crippen MR) is 58.5 cm³/mol. The van der Waals surface area contributed by atoms with Gasteiger partial charge in [0.2, 0.25) is 0 Å². The molecule has 2 nitrogen and oxygen atoms in total. The second-order valence-electron chi connectivity index (χ2n) is 4.24. The first-order valence-corrected chi connectivity index (χ1v) is 5.41. The third kappa shape index (κ3) is 2.10. The van der Waals surface area contributed by atoms with Crippen LogP contribution in [-0.4, -0.2) is 11.9 Å². The summed E-state index contributed by atoms with van der Waals surface area (Å²) >= 11 is 0. The molecule has 0 unspecified atom stereocenters. The molecule has 0 amide bonds. The molecule has 1 fully saturated rings. The van der Waals surface area contributed by atoms with Gasteiger partial charge in [-0.2, -0.15) is 0 Å². The van der Waals surface area contributed by atoms with Crippen LogP contribution in [0, 0.1) is 5.92 Å². The van der Waals surface area contributed by atoms with E-state index in [-0.39, 0.29) is 18.1 Å². The maximum atomic E-state index is 11.7. The normalized spacial score (nSPS) is 31.6. The summed E-state index contributed by atoms with van der Waals surface area (Å²) in [6.07, 6.45) is 0.520. The van der Waals surface area contributed by atoms with Crippen molar-refractivity contribution in [1.29, 1.82) is 0 Å². The van der Waals surface area contributed by atoms with E-state index < -0.39 is 0 Å². The van der Waals surface area contributed by atoms with Gasteiger partial charge in [-0.1, -0.05) is 37.3 Å². The van der Waals surface area contributed by atoms with Crippen molar-refractivity contribution in [1.82, 2.24) is 0 Å². The summed E-state index contributed by atoms with van der Waals surface area (Å²) in [6.45, 7) is 3.91. The van der Waals surface area contributed by atoms with E-state index in [0.717, 1.165) is 5.56 Å². The summed E-state index contributed by atoms with van der Waals surface area (Å²) in [7, 11) is 0. The van der Waals surface area contributed by atoms with Gasteiger partial charge in [0.25, 0.3) is 0 Å². The van der Waals surface area contributed by atoms with Crippen LogP contribution >= 0.6 is 0 Å². The number of carbonyl (C=O) groups is 1. The van der Waals surface area contributed by atoms with E-state index in [4.69, 9.17) is 4.74 Å². The van der Waals surface area contributed by atoms with Crippen LogP contribution in [-0.2, 0) is 9.53 Å². The fourth-order valence-corrected chi connectivity index (χ4v) is 2.06. The van der Waals surface area contributed by atoms with Gasteiger partial charge < -0.3 is 4.74 Å². The molecule has 15 heavy (non-hydrogen) atoms. The number of ketones is 1. The summed E-state index contributed by atoms with van der Waals surface area (Å²) in [5, 5.41) is 0. The summed E-state index contributed by atoms with van der Waals surface area (Å²) in [4.78, 5) is 11.7. The second kappa shape index (κ2) is 4.15. The summed E-state index contributed by atoms with van der Waals surface area (Å²) in [5.74, 6) is 0.284. The fourth-order valence-electron chi connectivity index (χ4n) is 2.06. The van der Waals surface area contributed by atoms with Crippen LogP contribution in [0.2, 0.25) is 0 Å². The first kappa shape index (κ1) is 10.4. The lowest BCUT2D eigenvalue weighted by atomic mass is 9.88. The number of hydrogen-bond donors (Lipinski definition) is 0. The van der Waals surface area contributed by atoms with Gasteiger partial charge in [0.05, 0.1) is 12.2 Å². The molecule has 0 aromatic heterocycles. The summed E-state index contributed by atoms with van der Waals surface area (Å²) < 4.78 is 5.83. The molecular formula is C13H16O2. The fraction of sp³-hybridized carbons (Fsp3) is 0.462. The maximum absolute atomic E-state index is 11.7. The van der Waals surface area contributed by atoms with Crippen molar-refractivity contribution >= 4 is 5.78 Å². The van der Waals surface area contributed by atoms with Crippen molar-refractivity contribution in [2.45, 2.75) is 32.5 Å². The van der Waals surface area contributed by atoms with Gasteiger partial charge in [-0.25, -0.2) is 0 Å². The zero-order valence-electron chi connectivity index (χ0n) is 9.14. The first-order chi connectivity index (χ1) is 7.18. The highest BCUT2D eigenvalue weighted by atomic mass is 16.5. The van der Waals surface area contributed by atoms with Gasteiger partial charge in [-0.05, 0) is 12.5 Å². The average molecular weight is 204 g/mol. The molecule has 1 aromatic rings. The van der Waals surface area contributed by atoms with Crippen molar-refractivity contribution in [3.8, 4) is 0 Å². The number of benzene rings is 1. The number of Topliss-reactive ketones (excluding diaryl/α,β-unsaturated/α-hetero) is 1. The van der Waals surface area contributed by atoms with Crippen LogP contribution in [0.3, 0.4) is 0 Å². The van der Waals surface area contributed by atoms with E-state index in [1.807, 2.05) is 44.2 Å². The lowest BCUT2D eigenvalue weighted by Crippen LogP contribution is -2.33. The zero-order valence-corrected chi connectivity index (χ0v) is 9.14. The minimum absolute atomic E-state index is 0.0244. The van der Waals surface area contributed by atoms with Crippen molar-refractivity contribution in [2.24, 2.45) is 5.92 Å². The predicted octanol–water partition coefficient (Wildman–Crippen LogP) is 2.74. The molecule has 0 spiro atoms. The maximum Gasteiger partial charge on any atom is 0.141 e. The Hall–Kier alpha value is -1.15. The molecule has 1 heterocycles. The Balaban J connectivity index is 2.24. The standard InChI is InChI=1S/C13H16O2/c1-9-8-12(14)10(2)13(15-9)11-6-4-3-5-7-11/h3-7,9-10,13H,8H2,1-2H3/t9-,10-,13-/m0/s1. The van der Waals surface area contributed by atoms with E-state index in [1.54, 1.807) is 0 Å². The molecule has 0 radical (unpaired) electrons.